The SMILES string of the molecule is CCCCCCNS(=O)(=O)c1c(C)cc(NN)cc1C. The Morgan fingerprint density at radius 2 is 1.70 bits per heavy atom. The zero-order chi connectivity index (χ0) is 15.2. The minimum atomic E-state index is -3.45. The number of benzene rings is 1. The number of rotatable bonds is 8. The molecule has 0 aliphatic heterocycles. The number of nitrogens with two attached hydrogens (primary N) is 1. The third kappa shape index (κ3) is 4.47. The summed E-state index contributed by atoms with van der Waals surface area (Å²) >= 11 is 0. The van der Waals surface area contributed by atoms with Gasteiger partial charge in [0, 0.05) is 12.2 Å². The Bertz CT molecular complexity index is 518. The van der Waals surface area contributed by atoms with Crippen LogP contribution in [0.3, 0.4) is 0 Å². The minimum Gasteiger partial charge on any atom is -0.324 e. The lowest BCUT2D eigenvalue weighted by molar-refractivity contribution is 0.572. The van der Waals surface area contributed by atoms with Crippen molar-refractivity contribution in [3.63, 3.8) is 0 Å². The van der Waals surface area contributed by atoms with Crippen molar-refractivity contribution in [2.45, 2.75) is 51.3 Å². The van der Waals surface area contributed by atoms with E-state index >= 15 is 0 Å². The van der Waals surface area contributed by atoms with Crippen LogP contribution in [0, 0.1) is 13.8 Å². The Labute approximate surface area is 122 Å². The number of hydrogen-bond acceptors (Lipinski definition) is 4. The lowest BCUT2D eigenvalue weighted by atomic mass is 10.1. The molecule has 0 radical (unpaired) electrons. The van der Waals surface area contributed by atoms with Crippen LogP contribution in [0.4, 0.5) is 5.69 Å². The molecule has 0 aromatic heterocycles. The molecule has 0 unspecified atom stereocenters. The Kier molecular flexibility index (Phi) is 6.45. The van der Waals surface area contributed by atoms with Crippen LogP contribution in [-0.4, -0.2) is 15.0 Å². The molecule has 20 heavy (non-hydrogen) atoms. The topological polar surface area (TPSA) is 84.2 Å². The molecule has 0 fully saturated rings. The molecule has 0 saturated heterocycles. The van der Waals surface area contributed by atoms with E-state index in [4.69, 9.17) is 5.84 Å². The molecular formula is C14H25N3O2S. The molecule has 0 bridgehead atoms. The van der Waals surface area contributed by atoms with E-state index in [1.807, 2.05) is 0 Å². The van der Waals surface area contributed by atoms with Gasteiger partial charge in [-0.25, -0.2) is 13.1 Å². The van der Waals surface area contributed by atoms with Crippen LogP contribution in [0.15, 0.2) is 17.0 Å². The number of sulfonamides is 1. The number of anilines is 1. The van der Waals surface area contributed by atoms with Gasteiger partial charge in [0.1, 0.15) is 0 Å². The minimum absolute atomic E-state index is 0.354. The predicted molar refractivity (Wildman–Crippen MR) is 83.1 cm³/mol. The molecule has 6 heteroatoms. The van der Waals surface area contributed by atoms with E-state index in [0.717, 1.165) is 25.7 Å². The van der Waals surface area contributed by atoms with Gasteiger partial charge < -0.3 is 5.43 Å². The quantitative estimate of drug-likeness (QED) is 0.391. The van der Waals surface area contributed by atoms with E-state index in [0.29, 0.717) is 28.3 Å². The largest absolute Gasteiger partial charge is 0.324 e. The van der Waals surface area contributed by atoms with Crippen molar-refractivity contribution in [2.75, 3.05) is 12.0 Å². The molecule has 0 aliphatic carbocycles. The molecule has 0 heterocycles. The van der Waals surface area contributed by atoms with Crippen molar-refractivity contribution in [3.8, 4) is 0 Å². The third-order valence-corrected chi connectivity index (χ3v) is 4.98. The van der Waals surface area contributed by atoms with Crippen LogP contribution in [0.1, 0.15) is 43.7 Å². The standard InChI is InChI=1S/C14H25N3O2S/c1-4-5-6-7-8-16-20(18,19)14-11(2)9-13(17-15)10-12(14)3/h9-10,16-17H,4-8,15H2,1-3H3. The summed E-state index contributed by atoms with van der Waals surface area (Å²) in [6, 6.07) is 3.47. The van der Waals surface area contributed by atoms with Gasteiger partial charge in [0.2, 0.25) is 10.0 Å². The average Bonchev–Trinajstić information content (AvgIpc) is 2.37. The summed E-state index contributed by atoms with van der Waals surface area (Å²) < 4.78 is 27.4. The fraction of sp³-hybridized carbons (Fsp3) is 0.571. The molecule has 0 aliphatic rings. The molecule has 0 spiro atoms. The second-order valence-corrected chi connectivity index (χ2v) is 6.75. The first-order valence-electron chi connectivity index (χ1n) is 7.00. The van der Waals surface area contributed by atoms with Crippen molar-refractivity contribution in [1.29, 1.82) is 0 Å². The number of nitrogens with one attached hydrogen (secondary N) is 2. The highest BCUT2D eigenvalue weighted by atomic mass is 32.2. The molecule has 0 atom stereocenters. The molecule has 0 amide bonds. The van der Waals surface area contributed by atoms with Gasteiger partial charge in [0.05, 0.1) is 4.90 Å². The van der Waals surface area contributed by atoms with Crippen molar-refractivity contribution in [3.05, 3.63) is 23.3 Å². The first kappa shape index (κ1) is 16.9. The van der Waals surface area contributed by atoms with E-state index < -0.39 is 10.0 Å². The van der Waals surface area contributed by atoms with Gasteiger partial charge in [-0.1, -0.05) is 26.2 Å². The van der Waals surface area contributed by atoms with Gasteiger partial charge in [-0.05, 0) is 43.5 Å². The van der Waals surface area contributed by atoms with Crippen LogP contribution in [0.5, 0.6) is 0 Å². The monoisotopic (exact) mass is 299 g/mol. The predicted octanol–water partition coefficient (Wildman–Crippen LogP) is 2.45. The van der Waals surface area contributed by atoms with E-state index in [1.54, 1.807) is 26.0 Å². The number of nitrogen functional groups attached to an aromatic ring is 1. The Morgan fingerprint density at radius 1 is 1.10 bits per heavy atom. The number of unbranched alkanes of at least 4 members (excludes halogenated alkanes) is 3. The Morgan fingerprint density at radius 3 is 2.20 bits per heavy atom. The third-order valence-electron chi connectivity index (χ3n) is 3.22. The molecular weight excluding hydrogens is 274 g/mol. The van der Waals surface area contributed by atoms with Gasteiger partial charge in [0.15, 0.2) is 0 Å². The summed E-state index contributed by atoms with van der Waals surface area (Å²) in [5.74, 6) is 5.36. The molecule has 1 aromatic rings. The summed E-state index contributed by atoms with van der Waals surface area (Å²) in [6.07, 6.45) is 4.19. The second-order valence-electron chi connectivity index (χ2n) is 5.04. The van der Waals surface area contributed by atoms with E-state index in [2.05, 4.69) is 17.1 Å². The van der Waals surface area contributed by atoms with Crippen LogP contribution in [0.25, 0.3) is 0 Å². The average molecular weight is 299 g/mol. The zero-order valence-corrected chi connectivity index (χ0v) is 13.3. The summed E-state index contributed by atoms with van der Waals surface area (Å²) in [4.78, 5) is 0.354. The first-order chi connectivity index (χ1) is 9.42. The second kappa shape index (κ2) is 7.61. The lowest BCUT2D eigenvalue weighted by Gasteiger charge is -2.14. The summed E-state index contributed by atoms with van der Waals surface area (Å²) in [5, 5.41) is 0. The highest BCUT2D eigenvalue weighted by Crippen LogP contribution is 2.23. The van der Waals surface area contributed by atoms with Crippen LogP contribution < -0.4 is 16.0 Å². The van der Waals surface area contributed by atoms with Crippen molar-refractivity contribution >= 4 is 15.7 Å². The molecule has 4 N–H and O–H groups in total. The number of hydrogen-bond donors (Lipinski definition) is 3. The van der Waals surface area contributed by atoms with Gasteiger partial charge in [-0.15, -0.1) is 0 Å². The molecule has 1 rings (SSSR count). The summed E-state index contributed by atoms with van der Waals surface area (Å²) in [5.41, 5.74) is 4.64. The van der Waals surface area contributed by atoms with Gasteiger partial charge in [-0.3, -0.25) is 5.84 Å². The van der Waals surface area contributed by atoms with E-state index in [9.17, 15) is 8.42 Å². The van der Waals surface area contributed by atoms with Crippen LogP contribution in [-0.2, 0) is 10.0 Å². The Balaban J connectivity index is 2.82. The van der Waals surface area contributed by atoms with Gasteiger partial charge in [-0.2, -0.15) is 0 Å². The van der Waals surface area contributed by atoms with Gasteiger partial charge >= 0.3 is 0 Å². The lowest BCUT2D eigenvalue weighted by Crippen LogP contribution is -2.26. The fourth-order valence-electron chi connectivity index (χ4n) is 2.29. The zero-order valence-electron chi connectivity index (χ0n) is 12.5. The maximum atomic E-state index is 12.3. The van der Waals surface area contributed by atoms with E-state index in [1.165, 1.54) is 0 Å². The van der Waals surface area contributed by atoms with Gasteiger partial charge in [0.25, 0.3) is 0 Å². The highest BCUT2D eigenvalue weighted by Gasteiger charge is 2.19. The molecule has 114 valence electrons. The number of hydrazine groups is 1. The maximum Gasteiger partial charge on any atom is 0.241 e. The first-order valence-corrected chi connectivity index (χ1v) is 8.48. The van der Waals surface area contributed by atoms with Crippen molar-refractivity contribution < 1.29 is 8.42 Å². The summed E-state index contributed by atoms with van der Waals surface area (Å²) in [7, 11) is -3.45. The molecule has 0 saturated carbocycles. The van der Waals surface area contributed by atoms with E-state index in [-0.39, 0.29) is 0 Å². The van der Waals surface area contributed by atoms with Crippen LogP contribution >= 0.6 is 0 Å². The smallest absolute Gasteiger partial charge is 0.241 e. The van der Waals surface area contributed by atoms with Crippen LogP contribution in [0.2, 0.25) is 0 Å². The van der Waals surface area contributed by atoms with Crippen molar-refractivity contribution in [2.24, 2.45) is 5.84 Å². The number of aryl methyl sites for hydroxylation is 2. The van der Waals surface area contributed by atoms with Crippen molar-refractivity contribution in [1.82, 2.24) is 4.72 Å². The maximum absolute atomic E-state index is 12.3. The molecule has 5 nitrogen and oxygen atoms in total. The normalized spacial score (nSPS) is 11.6. The summed E-state index contributed by atoms with van der Waals surface area (Å²) in [6.45, 7) is 6.17. The Hall–Kier alpha value is -1.11. The fourth-order valence-corrected chi connectivity index (χ4v) is 3.81. The molecule has 1 aromatic carbocycles. The highest BCUT2D eigenvalue weighted by molar-refractivity contribution is 7.89.